The summed E-state index contributed by atoms with van der Waals surface area (Å²) in [6.07, 6.45) is -2.70. The first kappa shape index (κ1) is 36.6. The zero-order valence-corrected chi connectivity index (χ0v) is 27.0. The number of alkyl halides is 6. The number of nitrogens with one attached hydrogen (secondary N) is 2. The fraction of sp³-hybridized carbons (Fsp3) is 0.118. The Balaban J connectivity index is 0.000000201. The Morgan fingerprint density at radius 1 is 0.577 bits per heavy atom. The van der Waals surface area contributed by atoms with Crippen LogP contribution in [0.3, 0.4) is 0 Å². The molecule has 12 nitrogen and oxygen atoms in total. The third kappa shape index (κ3) is 8.18. The second-order valence-electron chi connectivity index (χ2n) is 10.9. The molecule has 2 aromatic heterocycles. The standard InChI is InChI=1S/2C17H13F3N4O2/c2*1-21-14-7-6-13(24(25)26)8-16(14)23-9-15(22-10-23)11-2-4-12(5-3-11)17(18,19)20/h2*2-10,21H,1H3. The summed E-state index contributed by atoms with van der Waals surface area (Å²) in [5, 5.41) is 27.9. The Labute approximate surface area is 290 Å². The van der Waals surface area contributed by atoms with E-state index in [0.29, 0.717) is 45.3 Å². The summed E-state index contributed by atoms with van der Waals surface area (Å²) in [5.41, 5.74) is 2.58. The normalized spacial score (nSPS) is 11.4. The highest BCUT2D eigenvalue weighted by molar-refractivity contribution is 5.68. The van der Waals surface area contributed by atoms with E-state index in [1.54, 1.807) is 47.8 Å². The van der Waals surface area contributed by atoms with E-state index >= 15 is 0 Å². The summed E-state index contributed by atoms with van der Waals surface area (Å²) >= 11 is 0. The van der Waals surface area contributed by atoms with Gasteiger partial charge < -0.3 is 19.8 Å². The summed E-state index contributed by atoms with van der Waals surface area (Å²) in [7, 11) is 3.36. The zero-order valence-electron chi connectivity index (χ0n) is 27.0. The van der Waals surface area contributed by atoms with Gasteiger partial charge in [-0.05, 0) is 36.4 Å². The molecule has 6 rings (SSSR count). The fourth-order valence-electron chi connectivity index (χ4n) is 4.98. The van der Waals surface area contributed by atoms with Gasteiger partial charge in [0.25, 0.3) is 11.4 Å². The van der Waals surface area contributed by atoms with Gasteiger partial charge in [-0.2, -0.15) is 26.3 Å². The first-order valence-electron chi connectivity index (χ1n) is 15.0. The van der Waals surface area contributed by atoms with Crippen LogP contribution in [0.15, 0.2) is 110 Å². The van der Waals surface area contributed by atoms with Crippen LogP contribution in [0, 0.1) is 20.2 Å². The molecule has 2 N–H and O–H groups in total. The molecule has 52 heavy (non-hydrogen) atoms. The van der Waals surface area contributed by atoms with Crippen molar-refractivity contribution in [1.82, 2.24) is 19.1 Å². The van der Waals surface area contributed by atoms with Crippen molar-refractivity contribution < 1.29 is 36.2 Å². The molecule has 0 aliphatic heterocycles. The number of anilines is 2. The molecule has 268 valence electrons. The van der Waals surface area contributed by atoms with Crippen molar-refractivity contribution in [1.29, 1.82) is 0 Å². The first-order valence-corrected chi connectivity index (χ1v) is 15.0. The van der Waals surface area contributed by atoms with Gasteiger partial charge in [-0.3, -0.25) is 20.2 Å². The number of aromatic nitrogens is 4. The van der Waals surface area contributed by atoms with Gasteiger partial charge >= 0.3 is 12.4 Å². The fourth-order valence-corrected chi connectivity index (χ4v) is 4.98. The topological polar surface area (TPSA) is 146 Å². The Hall–Kier alpha value is -6.72. The van der Waals surface area contributed by atoms with Crippen LogP contribution in [0.2, 0.25) is 0 Å². The Morgan fingerprint density at radius 2 is 0.923 bits per heavy atom. The highest BCUT2D eigenvalue weighted by Gasteiger charge is 2.31. The monoisotopic (exact) mass is 724 g/mol. The number of rotatable bonds is 8. The number of nitro groups is 2. The lowest BCUT2D eigenvalue weighted by atomic mass is 10.1. The molecule has 0 amide bonds. The van der Waals surface area contributed by atoms with Crippen LogP contribution >= 0.6 is 0 Å². The molecule has 6 aromatic rings. The maximum absolute atomic E-state index is 12.7. The molecule has 0 radical (unpaired) electrons. The Morgan fingerprint density at radius 3 is 1.21 bits per heavy atom. The van der Waals surface area contributed by atoms with E-state index in [2.05, 4.69) is 20.6 Å². The van der Waals surface area contributed by atoms with Crippen LogP contribution < -0.4 is 10.6 Å². The SMILES string of the molecule is CNc1ccc([N+](=O)[O-])cc1-n1cnc(-c2ccc(C(F)(F)F)cc2)c1.CNc1ccc([N+](=O)[O-])cc1-n1cnc(-c2ccc(C(F)(F)F)cc2)c1. The molecule has 0 saturated carbocycles. The van der Waals surface area contributed by atoms with Crippen LogP contribution in [0.25, 0.3) is 33.9 Å². The first-order chi connectivity index (χ1) is 24.6. The number of imidazole rings is 2. The predicted molar refractivity (Wildman–Crippen MR) is 180 cm³/mol. The van der Waals surface area contributed by atoms with Crippen LogP contribution in [0.4, 0.5) is 49.1 Å². The van der Waals surface area contributed by atoms with Crippen LogP contribution in [0.1, 0.15) is 11.1 Å². The summed E-state index contributed by atoms with van der Waals surface area (Å²) in [5.74, 6) is 0. The molecule has 0 atom stereocenters. The van der Waals surface area contributed by atoms with Gasteiger partial charge in [-0.1, -0.05) is 24.3 Å². The maximum atomic E-state index is 12.7. The quantitative estimate of drug-likeness (QED) is 0.0899. The molecule has 2 heterocycles. The lowest BCUT2D eigenvalue weighted by Crippen LogP contribution is -2.04. The average Bonchev–Trinajstić information content (AvgIpc) is 3.82. The van der Waals surface area contributed by atoms with Crippen molar-refractivity contribution in [2.24, 2.45) is 0 Å². The van der Waals surface area contributed by atoms with Crippen molar-refractivity contribution in [3.63, 3.8) is 0 Å². The number of halogens is 6. The number of non-ortho nitro benzene ring substituents is 2. The van der Waals surface area contributed by atoms with Gasteiger partial charge in [0.2, 0.25) is 0 Å². The van der Waals surface area contributed by atoms with Gasteiger partial charge in [-0.25, -0.2) is 9.97 Å². The lowest BCUT2D eigenvalue weighted by molar-refractivity contribution is -0.385. The highest BCUT2D eigenvalue weighted by Crippen LogP contribution is 2.33. The third-order valence-corrected chi connectivity index (χ3v) is 7.66. The molecule has 18 heteroatoms. The number of benzene rings is 4. The predicted octanol–water partition coefficient (Wildman–Crippen LogP) is 9.02. The van der Waals surface area contributed by atoms with Crippen molar-refractivity contribution in [3.05, 3.63) is 141 Å². The molecular formula is C34H26F6N8O4. The van der Waals surface area contributed by atoms with Crippen LogP contribution in [-0.2, 0) is 12.4 Å². The lowest BCUT2D eigenvalue weighted by Gasteiger charge is -2.09. The second-order valence-corrected chi connectivity index (χ2v) is 10.9. The number of hydrogen-bond donors (Lipinski definition) is 2. The summed E-state index contributed by atoms with van der Waals surface area (Å²) in [6, 6.07) is 18.0. The van der Waals surface area contributed by atoms with Crippen LogP contribution in [0.5, 0.6) is 0 Å². The van der Waals surface area contributed by atoms with E-state index in [0.717, 1.165) is 24.3 Å². The number of hydrogen-bond acceptors (Lipinski definition) is 8. The minimum absolute atomic E-state index is 0.0798. The van der Waals surface area contributed by atoms with Gasteiger partial charge in [-0.15, -0.1) is 0 Å². The minimum Gasteiger partial charge on any atom is -0.386 e. The van der Waals surface area contributed by atoms with E-state index in [9.17, 15) is 46.6 Å². The molecule has 4 aromatic carbocycles. The molecule has 0 fully saturated rings. The molecule has 0 saturated heterocycles. The maximum Gasteiger partial charge on any atom is 0.416 e. The van der Waals surface area contributed by atoms with E-state index in [-0.39, 0.29) is 11.4 Å². The highest BCUT2D eigenvalue weighted by atomic mass is 19.4. The van der Waals surface area contributed by atoms with Crippen molar-refractivity contribution in [2.75, 3.05) is 24.7 Å². The van der Waals surface area contributed by atoms with Crippen LogP contribution in [-0.4, -0.2) is 43.0 Å². The molecule has 0 spiro atoms. The van der Waals surface area contributed by atoms with Gasteiger partial charge in [0.15, 0.2) is 0 Å². The zero-order chi connectivity index (χ0) is 37.8. The summed E-state index contributed by atoms with van der Waals surface area (Å²) in [4.78, 5) is 29.4. The Kier molecular flexibility index (Phi) is 10.3. The van der Waals surface area contributed by atoms with E-state index < -0.39 is 33.3 Å². The Bertz CT molecular complexity index is 2060. The van der Waals surface area contributed by atoms with E-state index in [1.165, 1.54) is 61.2 Å². The van der Waals surface area contributed by atoms with Crippen molar-refractivity contribution in [3.8, 4) is 33.9 Å². The number of nitrogens with zero attached hydrogens (tertiary/aromatic N) is 6. The van der Waals surface area contributed by atoms with Gasteiger partial charge in [0.05, 0.1) is 67.8 Å². The van der Waals surface area contributed by atoms with Gasteiger partial charge in [0.1, 0.15) is 0 Å². The van der Waals surface area contributed by atoms with Crippen molar-refractivity contribution >= 4 is 22.7 Å². The second kappa shape index (κ2) is 14.6. The minimum atomic E-state index is -4.40. The van der Waals surface area contributed by atoms with E-state index in [1.807, 2.05) is 0 Å². The molecule has 0 aliphatic carbocycles. The molecular weight excluding hydrogens is 698 g/mol. The average molecular weight is 725 g/mol. The third-order valence-electron chi connectivity index (χ3n) is 7.66. The molecule has 0 bridgehead atoms. The van der Waals surface area contributed by atoms with Crippen molar-refractivity contribution in [2.45, 2.75) is 12.4 Å². The molecule has 0 unspecified atom stereocenters. The molecule has 0 aliphatic rings. The summed E-state index contributed by atoms with van der Waals surface area (Å²) < 4.78 is 79.1. The largest absolute Gasteiger partial charge is 0.416 e. The number of nitro benzene ring substituents is 2. The van der Waals surface area contributed by atoms with E-state index in [4.69, 9.17) is 0 Å². The van der Waals surface area contributed by atoms with Gasteiger partial charge in [0, 0.05) is 61.9 Å². The smallest absolute Gasteiger partial charge is 0.386 e. The summed E-state index contributed by atoms with van der Waals surface area (Å²) in [6.45, 7) is 0.